The van der Waals surface area contributed by atoms with Crippen molar-refractivity contribution in [3.63, 3.8) is 0 Å². The van der Waals surface area contributed by atoms with E-state index in [1.807, 2.05) is 7.05 Å². The van der Waals surface area contributed by atoms with Crippen LogP contribution in [-0.2, 0) is 6.42 Å². The van der Waals surface area contributed by atoms with Crippen LogP contribution in [0.25, 0.3) is 0 Å². The van der Waals surface area contributed by atoms with E-state index in [0.29, 0.717) is 6.04 Å². The van der Waals surface area contributed by atoms with Crippen LogP contribution in [0.15, 0.2) is 10.1 Å². The highest BCUT2D eigenvalue weighted by atomic mass is 32.2. The highest BCUT2D eigenvalue weighted by Gasteiger charge is 2.23. The minimum Gasteiger partial charge on any atom is -0.356 e. The summed E-state index contributed by atoms with van der Waals surface area (Å²) in [5, 5.41) is 16.9. The molecule has 2 fully saturated rings. The maximum Gasteiger partial charge on any atom is 0.191 e. The average molecular weight is 407 g/mol. The van der Waals surface area contributed by atoms with Gasteiger partial charge in [0.05, 0.1) is 0 Å². The van der Waals surface area contributed by atoms with Gasteiger partial charge in [0.1, 0.15) is 5.82 Å². The summed E-state index contributed by atoms with van der Waals surface area (Å²) in [6, 6.07) is 0.606. The quantitative estimate of drug-likeness (QED) is 0.264. The van der Waals surface area contributed by atoms with Gasteiger partial charge in [-0.3, -0.25) is 4.99 Å². The molecule has 1 heterocycles. The van der Waals surface area contributed by atoms with Gasteiger partial charge >= 0.3 is 0 Å². The molecule has 1 aromatic rings. The van der Waals surface area contributed by atoms with Crippen LogP contribution in [0.5, 0.6) is 0 Å². The lowest BCUT2D eigenvalue weighted by molar-refractivity contribution is 0.460. The third-order valence-electron chi connectivity index (χ3n) is 6.26. The Balaban J connectivity index is 1.35. The first kappa shape index (κ1) is 21.5. The Morgan fingerprint density at radius 2 is 1.71 bits per heavy atom. The molecule has 0 saturated heterocycles. The number of guanidine groups is 1. The third-order valence-corrected chi connectivity index (χ3v) is 6.90. The lowest BCUT2D eigenvalue weighted by Crippen LogP contribution is -2.38. The topological polar surface area (TPSA) is 67.1 Å². The molecule has 0 aliphatic heterocycles. The summed E-state index contributed by atoms with van der Waals surface area (Å²) < 4.78 is 2.41. The number of hydrogen-bond donors (Lipinski definition) is 2. The SMILES string of the molecule is CN=C(NCCCc1nnc(SC)n1C1CCCC1)NCCCC1CCCC1. The molecular formula is C21H38N6S. The first-order valence-electron chi connectivity index (χ1n) is 11.2. The zero-order valence-electron chi connectivity index (χ0n) is 17.8. The van der Waals surface area contributed by atoms with Gasteiger partial charge < -0.3 is 15.2 Å². The zero-order valence-corrected chi connectivity index (χ0v) is 18.6. The number of thioether (sulfide) groups is 1. The van der Waals surface area contributed by atoms with E-state index in [-0.39, 0.29) is 0 Å². The van der Waals surface area contributed by atoms with Crippen LogP contribution in [0.2, 0.25) is 0 Å². The van der Waals surface area contributed by atoms with E-state index >= 15 is 0 Å². The number of hydrogen-bond acceptors (Lipinski definition) is 4. The van der Waals surface area contributed by atoms with Crippen molar-refractivity contribution in [3.05, 3.63) is 5.82 Å². The van der Waals surface area contributed by atoms with Crippen LogP contribution in [-0.4, -0.2) is 47.1 Å². The van der Waals surface area contributed by atoms with Crippen molar-refractivity contribution >= 4 is 17.7 Å². The summed E-state index contributed by atoms with van der Waals surface area (Å²) >= 11 is 1.72. The summed E-state index contributed by atoms with van der Waals surface area (Å²) in [6.07, 6.45) is 17.7. The van der Waals surface area contributed by atoms with Crippen molar-refractivity contribution in [1.29, 1.82) is 0 Å². The van der Waals surface area contributed by atoms with Crippen LogP contribution in [0.1, 0.15) is 82.5 Å². The Labute approximate surface area is 174 Å². The standard InChI is InChI=1S/C21H38N6S/c1-22-20(23-15-7-11-17-9-3-4-10-17)24-16-8-14-19-25-26-21(28-2)27(19)18-12-5-6-13-18/h17-18H,3-16H2,1-2H3,(H2,22,23,24). The van der Waals surface area contributed by atoms with Crippen molar-refractivity contribution in [3.8, 4) is 0 Å². The summed E-state index contributed by atoms with van der Waals surface area (Å²) in [5.41, 5.74) is 0. The van der Waals surface area contributed by atoms with Gasteiger partial charge in [-0.05, 0) is 44.3 Å². The summed E-state index contributed by atoms with van der Waals surface area (Å²) in [5.74, 6) is 3.05. The zero-order chi connectivity index (χ0) is 19.6. The molecule has 0 unspecified atom stereocenters. The smallest absolute Gasteiger partial charge is 0.191 e. The van der Waals surface area contributed by atoms with Gasteiger partial charge in [-0.25, -0.2) is 0 Å². The first-order valence-corrected chi connectivity index (χ1v) is 12.5. The number of rotatable bonds is 10. The molecule has 0 spiro atoms. The lowest BCUT2D eigenvalue weighted by atomic mass is 10.0. The Kier molecular flexibility index (Phi) is 8.96. The average Bonchev–Trinajstić information content (AvgIpc) is 3.47. The molecule has 2 saturated carbocycles. The number of nitrogens with zero attached hydrogens (tertiary/aromatic N) is 4. The van der Waals surface area contributed by atoms with E-state index in [4.69, 9.17) is 0 Å². The predicted octanol–water partition coefficient (Wildman–Crippen LogP) is 4.18. The van der Waals surface area contributed by atoms with Crippen LogP contribution < -0.4 is 10.6 Å². The lowest BCUT2D eigenvalue weighted by Gasteiger charge is -2.16. The number of aryl methyl sites for hydroxylation is 1. The van der Waals surface area contributed by atoms with Gasteiger partial charge in [0.2, 0.25) is 0 Å². The first-order chi connectivity index (χ1) is 13.8. The molecular weight excluding hydrogens is 368 g/mol. The molecule has 0 bridgehead atoms. The number of nitrogens with one attached hydrogen (secondary N) is 2. The largest absolute Gasteiger partial charge is 0.356 e. The molecule has 0 amide bonds. The molecule has 3 rings (SSSR count). The third kappa shape index (κ3) is 6.13. The predicted molar refractivity (Wildman–Crippen MR) is 118 cm³/mol. The van der Waals surface area contributed by atoms with Crippen molar-refractivity contribution in [2.24, 2.45) is 10.9 Å². The number of aromatic nitrogens is 3. The van der Waals surface area contributed by atoms with Crippen LogP contribution in [0.4, 0.5) is 0 Å². The Morgan fingerprint density at radius 1 is 1.04 bits per heavy atom. The van der Waals surface area contributed by atoms with Gasteiger partial charge in [-0.1, -0.05) is 50.3 Å². The molecule has 1 aromatic heterocycles. The second-order valence-corrected chi connectivity index (χ2v) is 9.01. The van der Waals surface area contributed by atoms with Crippen LogP contribution >= 0.6 is 11.8 Å². The maximum atomic E-state index is 4.49. The molecule has 2 N–H and O–H groups in total. The maximum absolute atomic E-state index is 4.49. The van der Waals surface area contributed by atoms with Crippen molar-refractivity contribution in [2.45, 2.75) is 88.2 Å². The minimum absolute atomic E-state index is 0.606. The molecule has 7 heteroatoms. The molecule has 28 heavy (non-hydrogen) atoms. The van der Waals surface area contributed by atoms with E-state index in [9.17, 15) is 0 Å². The summed E-state index contributed by atoms with van der Waals surface area (Å²) in [7, 11) is 1.85. The molecule has 0 radical (unpaired) electrons. The van der Waals surface area contributed by atoms with Gasteiger partial charge in [0, 0.05) is 32.6 Å². The van der Waals surface area contributed by atoms with Gasteiger partial charge in [-0.15, -0.1) is 10.2 Å². The van der Waals surface area contributed by atoms with Gasteiger partial charge in [0.15, 0.2) is 11.1 Å². The van der Waals surface area contributed by atoms with E-state index in [1.165, 1.54) is 64.2 Å². The Bertz CT molecular complexity index is 602. The molecule has 2 aliphatic rings. The van der Waals surface area contributed by atoms with E-state index < -0.39 is 0 Å². The Morgan fingerprint density at radius 3 is 2.39 bits per heavy atom. The normalized spacial score (nSPS) is 18.9. The van der Waals surface area contributed by atoms with E-state index in [2.05, 4.69) is 36.6 Å². The fourth-order valence-corrected chi connectivity index (χ4v) is 5.29. The van der Waals surface area contributed by atoms with Gasteiger partial charge in [0.25, 0.3) is 0 Å². The van der Waals surface area contributed by atoms with Crippen molar-refractivity contribution in [1.82, 2.24) is 25.4 Å². The molecule has 0 atom stereocenters. The summed E-state index contributed by atoms with van der Waals surface area (Å²) in [6.45, 7) is 1.93. The molecule has 6 nitrogen and oxygen atoms in total. The van der Waals surface area contributed by atoms with E-state index in [0.717, 1.165) is 48.8 Å². The van der Waals surface area contributed by atoms with Crippen LogP contribution in [0, 0.1) is 5.92 Å². The molecule has 0 aromatic carbocycles. The highest BCUT2D eigenvalue weighted by Crippen LogP contribution is 2.33. The van der Waals surface area contributed by atoms with E-state index in [1.54, 1.807) is 11.8 Å². The highest BCUT2D eigenvalue weighted by molar-refractivity contribution is 7.98. The Hall–Kier alpha value is -1.24. The molecule has 2 aliphatic carbocycles. The second kappa shape index (κ2) is 11.7. The minimum atomic E-state index is 0.606. The monoisotopic (exact) mass is 406 g/mol. The number of aliphatic imine (C=N–C) groups is 1. The van der Waals surface area contributed by atoms with Crippen molar-refractivity contribution < 1.29 is 0 Å². The summed E-state index contributed by atoms with van der Waals surface area (Å²) in [4.78, 5) is 4.36. The second-order valence-electron chi connectivity index (χ2n) is 8.23. The fourth-order valence-electron chi connectivity index (χ4n) is 4.72. The van der Waals surface area contributed by atoms with Crippen molar-refractivity contribution in [2.75, 3.05) is 26.4 Å². The molecule has 158 valence electrons. The van der Waals surface area contributed by atoms with Gasteiger partial charge in [-0.2, -0.15) is 0 Å². The van der Waals surface area contributed by atoms with Crippen LogP contribution in [0.3, 0.4) is 0 Å². The fraction of sp³-hybridized carbons (Fsp3) is 0.857.